The van der Waals surface area contributed by atoms with Crippen molar-refractivity contribution in [1.82, 2.24) is 0 Å². The summed E-state index contributed by atoms with van der Waals surface area (Å²) < 4.78 is 140. The number of halogens is 7. The van der Waals surface area contributed by atoms with Crippen LogP contribution in [0.2, 0.25) is 0 Å². The fourth-order valence-corrected chi connectivity index (χ4v) is 5.77. The third kappa shape index (κ3) is 3.58. The number of aromatic hydroxyl groups is 1. The molecule has 15 heteroatoms. The maximum atomic E-state index is 15.4. The number of fused-ring (bicyclic) bond motifs is 6. The van der Waals surface area contributed by atoms with Crippen molar-refractivity contribution in [3.63, 3.8) is 0 Å². The fourth-order valence-electron chi connectivity index (χ4n) is 4.71. The molecule has 0 amide bonds. The van der Waals surface area contributed by atoms with Crippen molar-refractivity contribution < 1.29 is 62.7 Å². The van der Waals surface area contributed by atoms with Crippen LogP contribution in [0.1, 0.15) is 27.0 Å². The summed E-state index contributed by atoms with van der Waals surface area (Å²) in [4.78, 5) is 10.4. The lowest BCUT2D eigenvalue weighted by molar-refractivity contribution is 0.0221. The van der Waals surface area contributed by atoms with Crippen molar-refractivity contribution >= 4 is 16.1 Å². The number of ether oxygens (including phenoxy) is 2. The minimum atomic E-state index is -5.91. The predicted octanol–water partition coefficient (Wildman–Crippen LogP) is 5.70. The first-order valence-electron chi connectivity index (χ1n) is 11.1. The van der Waals surface area contributed by atoms with Crippen LogP contribution in [0.4, 0.5) is 30.7 Å². The second kappa shape index (κ2) is 8.60. The van der Waals surface area contributed by atoms with Crippen molar-refractivity contribution in [2.24, 2.45) is 0 Å². The highest BCUT2D eigenvalue weighted by molar-refractivity contribution is 7.87. The zero-order valence-electron chi connectivity index (χ0n) is 19.6. The van der Waals surface area contributed by atoms with Gasteiger partial charge in [0, 0.05) is 17.7 Å². The van der Waals surface area contributed by atoms with Gasteiger partial charge in [-0.3, -0.25) is 0 Å². The number of hydrogen-bond acceptors (Lipinski definition) is 7. The van der Waals surface area contributed by atoms with E-state index in [1.807, 2.05) is 0 Å². The second-order valence-electron chi connectivity index (χ2n) is 8.73. The lowest BCUT2D eigenvalue weighted by Crippen LogP contribution is -2.33. The van der Waals surface area contributed by atoms with Gasteiger partial charge in [-0.25, -0.2) is 35.5 Å². The van der Waals surface area contributed by atoms with Crippen molar-refractivity contribution in [3.05, 3.63) is 112 Å². The molecule has 0 saturated heterocycles. The van der Waals surface area contributed by atoms with Gasteiger partial charge in [-0.2, -0.15) is 8.42 Å². The molecule has 0 fully saturated rings. The Bertz CT molecular complexity index is 1930. The SMILES string of the molecule is O=C1OC2(c3cc(F)c(O)cc3Oc3cc(OS(=O)(=O)c4c(F)c(F)c(F)c(F)c4F)c(F)cc32)c2ccccc21. The lowest BCUT2D eigenvalue weighted by Gasteiger charge is -2.36. The number of benzene rings is 4. The van der Waals surface area contributed by atoms with E-state index in [1.165, 1.54) is 24.3 Å². The van der Waals surface area contributed by atoms with E-state index in [2.05, 4.69) is 4.18 Å². The van der Waals surface area contributed by atoms with Crippen LogP contribution in [-0.2, 0) is 20.5 Å². The Morgan fingerprint density at radius 2 is 1.29 bits per heavy atom. The average Bonchev–Trinajstić information content (AvgIpc) is 3.21. The summed E-state index contributed by atoms with van der Waals surface area (Å²) in [6.07, 6.45) is 0. The number of carbonyl (C=O) groups is 1. The molecule has 2 aliphatic heterocycles. The molecule has 6 rings (SSSR count). The number of rotatable bonds is 3. The quantitative estimate of drug-likeness (QED) is 0.106. The summed E-state index contributed by atoms with van der Waals surface area (Å²) in [6.45, 7) is 0. The van der Waals surface area contributed by atoms with E-state index >= 15 is 4.39 Å². The average molecular weight is 598 g/mol. The van der Waals surface area contributed by atoms with Gasteiger partial charge in [0.25, 0.3) is 0 Å². The van der Waals surface area contributed by atoms with Crippen LogP contribution < -0.4 is 8.92 Å². The maximum absolute atomic E-state index is 15.4. The molecule has 0 bridgehead atoms. The van der Waals surface area contributed by atoms with Gasteiger partial charge in [-0.1, -0.05) is 18.2 Å². The number of esters is 1. The van der Waals surface area contributed by atoms with Crippen LogP contribution in [-0.4, -0.2) is 19.5 Å². The molecule has 1 unspecified atom stereocenters. The molecule has 0 aliphatic carbocycles. The van der Waals surface area contributed by atoms with Gasteiger partial charge in [0.05, 0.1) is 16.7 Å². The summed E-state index contributed by atoms with van der Waals surface area (Å²) >= 11 is 0. The maximum Gasteiger partial charge on any atom is 0.345 e. The molecule has 7 nitrogen and oxygen atoms in total. The first-order chi connectivity index (χ1) is 19.3. The molecule has 4 aromatic carbocycles. The number of phenols is 1. The molecule has 1 atom stereocenters. The number of phenolic OH excluding ortho intramolecular Hbond substituents is 1. The summed E-state index contributed by atoms with van der Waals surface area (Å²) in [7, 11) is -5.91. The van der Waals surface area contributed by atoms with E-state index in [0.717, 1.165) is 12.1 Å². The number of carbonyl (C=O) groups excluding carboxylic acids is 1. The molecule has 4 aromatic rings. The summed E-state index contributed by atoms with van der Waals surface area (Å²) in [5.74, 6) is -20.1. The molecular weight excluding hydrogens is 589 g/mol. The minimum absolute atomic E-state index is 0.00518. The smallest absolute Gasteiger partial charge is 0.345 e. The molecule has 0 saturated carbocycles. The van der Waals surface area contributed by atoms with Crippen molar-refractivity contribution in [1.29, 1.82) is 0 Å². The van der Waals surface area contributed by atoms with E-state index < -0.39 is 84.6 Å². The highest BCUT2D eigenvalue weighted by Gasteiger charge is 2.54. The summed E-state index contributed by atoms with van der Waals surface area (Å²) in [5.41, 5.74) is -2.53. The van der Waals surface area contributed by atoms with E-state index in [0.29, 0.717) is 12.1 Å². The van der Waals surface area contributed by atoms with Gasteiger partial charge in [0.15, 0.2) is 56.9 Å². The second-order valence-corrected chi connectivity index (χ2v) is 10.2. The van der Waals surface area contributed by atoms with Crippen molar-refractivity contribution in [3.8, 4) is 23.0 Å². The van der Waals surface area contributed by atoms with Gasteiger partial charge in [-0.05, 0) is 18.2 Å². The summed E-state index contributed by atoms with van der Waals surface area (Å²) in [6, 6.07) is 8.40. The standard InChI is InChI=1S/C26H9F7O7S/c27-13-5-11-16(7-15(13)34)38-17-8-18(40-41(36,37)24-22(32)20(30)19(29)21(31)23(24)33)14(28)6-12(17)26(11)10-4-2-1-3-9(10)25(35)39-26/h1-8,34H. The highest BCUT2D eigenvalue weighted by atomic mass is 32.2. The molecule has 0 radical (unpaired) electrons. The monoisotopic (exact) mass is 598 g/mol. The molecule has 2 heterocycles. The van der Waals surface area contributed by atoms with E-state index in [-0.39, 0.29) is 28.0 Å². The first kappa shape index (κ1) is 26.4. The van der Waals surface area contributed by atoms with E-state index in [4.69, 9.17) is 9.47 Å². The van der Waals surface area contributed by atoms with E-state index in [1.54, 1.807) is 0 Å². The van der Waals surface area contributed by atoms with Crippen molar-refractivity contribution in [2.45, 2.75) is 10.5 Å². The Morgan fingerprint density at radius 1 is 0.732 bits per heavy atom. The molecule has 0 aromatic heterocycles. The van der Waals surface area contributed by atoms with E-state index in [9.17, 15) is 44.7 Å². The number of hydrogen-bond donors (Lipinski definition) is 1. The topological polar surface area (TPSA) is 99.1 Å². The Morgan fingerprint density at radius 3 is 1.95 bits per heavy atom. The molecule has 2 aliphatic rings. The summed E-state index contributed by atoms with van der Waals surface area (Å²) in [5, 5.41) is 9.91. The van der Waals surface area contributed by atoms with Gasteiger partial charge < -0.3 is 18.8 Å². The third-order valence-corrected chi connectivity index (χ3v) is 7.71. The Balaban J connectivity index is 1.55. The molecule has 41 heavy (non-hydrogen) atoms. The highest BCUT2D eigenvalue weighted by Crippen LogP contribution is 2.57. The normalized spacial score (nSPS) is 17.0. The van der Waals surface area contributed by atoms with Gasteiger partial charge in [-0.15, -0.1) is 0 Å². The Kier molecular flexibility index (Phi) is 5.55. The third-order valence-electron chi connectivity index (χ3n) is 6.45. The van der Waals surface area contributed by atoms with Crippen LogP contribution in [0.25, 0.3) is 0 Å². The molecule has 1 N–H and O–H groups in total. The van der Waals surface area contributed by atoms with Gasteiger partial charge in [0.2, 0.25) is 5.82 Å². The predicted molar refractivity (Wildman–Crippen MR) is 120 cm³/mol. The van der Waals surface area contributed by atoms with Crippen LogP contribution >= 0.6 is 0 Å². The van der Waals surface area contributed by atoms with Gasteiger partial charge in [0.1, 0.15) is 11.5 Å². The largest absolute Gasteiger partial charge is 0.505 e. The van der Waals surface area contributed by atoms with Crippen molar-refractivity contribution in [2.75, 3.05) is 0 Å². The minimum Gasteiger partial charge on any atom is -0.505 e. The molecule has 210 valence electrons. The Hall–Kier alpha value is -4.79. The molecular formula is C26H9F7O7S. The van der Waals surface area contributed by atoms with Crippen LogP contribution in [0.5, 0.6) is 23.0 Å². The van der Waals surface area contributed by atoms with Crippen LogP contribution in [0.3, 0.4) is 0 Å². The Labute approximate surface area is 224 Å². The zero-order valence-corrected chi connectivity index (χ0v) is 20.4. The first-order valence-corrected chi connectivity index (χ1v) is 12.5. The van der Waals surface area contributed by atoms with Gasteiger partial charge >= 0.3 is 16.1 Å². The lowest BCUT2D eigenvalue weighted by atomic mass is 9.77. The zero-order chi connectivity index (χ0) is 29.6. The van der Waals surface area contributed by atoms with Crippen LogP contribution in [0.15, 0.2) is 53.4 Å². The fraction of sp³-hybridized carbons (Fsp3) is 0.0385. The van der Waals surface area contributed by atoms with Crippen LogP contribution in [0, 0.1) is 40.7 Å². The molecule has 1 spiro atoms.